The minimum absolute atomic E-state index is 0.485. The monoisotopic (exact) mass is 213 g/mol. The first-order valence-electron chi connectivity index (χ1n) is 5.35. The molecule has 0 aliphatic heterocycles. The average Bonchev–Trinajstić information content (AvgIpc) is 2.26. The Bertz CT molecular complexity index is 202. The lowest BCUT2D eigenvalue weighted by atomic mass is 10.1. The number of unbranched alkanes of at least 4 members (excludes halogenated alkanes) is 6. The number of hydroxylamine groups is 1. The fraction of sp³-hybridized carbons (Fsp3) is 0.636. The Balaban J connectivity index is 3.14. The summed E-state index contributed by atoms with van der Waals surface area (Å²) in [6, 6.07) is 0. The second kappa shape index (κ2) is 10.9. The molecule has 2 N–H and O–H groups in total. The number of aldehydes is 1. The molecule has 0 fully saturated rings. The highest BCUT2D eigenvalue weighted by molar-refractivity contribution is 5.86. The van der Waals surface area contributed by atoms with E-state index in [0.29, 0.717) is 6.42 Å². The molecule has 0 aromatic heterocycles. The van der Waals surface area contributed by atoms with Crippen LogP contribution in [0.1, 0.15) is 44.9 Å². The molecular weight excluding hydrogens is 194 g/mol. The van der Waals surface area contributed by atoms with Gasteiger partial charge < -0.3 is 4.79 Å². The summed E-state index contributed by atoms with van der Waals surface area (Å²) in [7, 11) is 0. The van der Waals surface area contributed by atoms with Gasteiger partial charge in [-0.15, -0.1) is 0 Å². The SMILES string of the molecule is O=CCCCCCCC/C=C\C(=O)NO. The Morgan fingerprint density at radius 2 is 1.67 bits per heavy atom. The minimum atomic E-state index is -0.485. The standard InChI is InChI=1S/C11H19NO3/c13-10-8-6-4-2-1-3-5-7-9-11(14)12-15/h7,9-10,15H,1-6,8H2,(H,12,14)/b9-7-. The summed E-state index contributed by atoms with van der Waals surface area (Å²) >= 11 is 0. The summed E-state index contributed by atoms with van der Waals surface area (Å²) < 4.78 is 0. The lowest BCUT2D eigenvalue weighted by molar-refractivity contribution is -0.124. The summed E-state index contributed by atoms with van der Waals surface area (Å²) in [5.41, 5.74) is 1.53. The Morgan fingerprint density at radius 3 is 2.27 bits per heavy atom. The smallest absolute Gasteiger partial charge is 0.267 e. The van der Waals surface area contributed by atoms with Crippen LogP contribution in [-0.4, -0.2) is 17.4 Å². The van der Waals surface area contributed by atoms with Crippen LogP contribution in [0.25, 0.3) is 0 Å². The fourth-order valence-electron chi connectivity index (χ4n) is 1.25. The van der Waals surface area contributed by atoms with E-state index in [4.69, 9.17) is 5.21 Å². The van der Waals surface area contributed by atoms with Gasteiger partial charge in [0.15, 0.2) is 0 Å². The van der Waals surface area contributed by atoms with Crippen LogP contribution in [0, 0.1) is 0 Å². The Labute approximate surface area is 90.3 Å². The Hall–Kier alpha value is -1.16. The summed E-state index contributed by atoms with van der Waals surface area (Å²) in [6.07, 6.45) is 10.9. The van der Waals surface area contributed by atoms with Crippen molar-refractivity contribution in [3.63, 3.8) is 0 Å². The predicted molar refractivity (Wildman–Crippen MR) is 57.5 cm³/mol. The third kappa shape index (κ3) is 10.8. The van der Waals surface area contributed by atoms with Crippen molar-refractivity contribution in [1.82, 2.24) is 5.48 Å². The van der Waals surface area contributed by atoms with Gasteiger partial charge in [0.05, 0.1) is 0 Å². The van der Waals surface area contributed by atoms with E-state index in [1.807, 2.05) is 0 Å². The average molecular weight is 213 g/mol. The molecule has 4 heteroatoms. The number of amides is 1. The molecule has 0 atom stereocenters. The fourth-order valence-corrected chi connectivity index (χ4v) is 1.25. The predicted octanol–water partition coefficient (Wildman–Crippen LogP) is 1.98. The maximum Gasteiger partial charge on any atom is 0.267 e. The molecule has 0 aliphatic carbocycles. The topological polar surface area (TPSA) is 66.4 Å². The number of nitrogens with one attached hydrogen (secondary N) is 1. The van der Waals surface area contributed by atoms with Gasteiger partial charge in [0.1, 0.15) is 6.29 Å². The zero-order valence-corrected chi connectivity index (χ0v) is 8.95. The number of carbonyl (C=O) groups excluding carboxylic acids is 2. The lowest BCUT2D eigenvalue weighted by Crippen LogP contribution is -2.14. The van der Waals surface area contributed by atoms with Gasteiger partial charge in [-0.05, 0) is 19.3 Å². The number of carbonyl (C=O) groups is 2. The van der Waals surface area contributed by atoms with E-state index >= 15 is 0 Å². The van der Waals surface area contributed by atoms with Gasteiger partial charge in [-0.1, -0.05) is 25.3 Å². The van der Waals surface area contributed by atoms with E-state index in [2.05, 4.69) is 0 Å². The molecule has 0 saturated heterocycles. The van der Waals surface area contributed by atoms with E-state index in [0.717, 1.165) is 44.8 Å². The highest BCUT2D eigenvalue weighted by Crippen LogP contribution is 2.06. The van der Waals surface area contributed by atoms with E-state index in [9.17, 15) is 9.59 Å². The van der Waals surface area contributed by atoms with Gasteiger partial charge in [-0.3, -0.25) is 10.0 Å². The molecular formula is C11H19NO3. The minimum Gasteiger partial charge on any atom is -0.303 e. The molecule has 1 amide bonds. The van der Waals surface area contributed by atoms with Crippen LogP contribution in [0.4, 0.5) is 0 Å². The van der Waals surface area contributed by atoms with E-state index in [-0.39, 0.29) is 0 Å². The Kier molecular flexibility index (Phi) is 10.1. The van der Waals surface area contributed by atoms with Crippen molar-refractivity contribution in [2.24, 2.45) is 0 Å². The van der Waals surface area contributed by atoms with Gasteiger partial charge in [0.2, 0.25) is 0 Å². The second-order valence-corrected chi connectivity index (χ2v) is 3.39. The maximum absolute atomic E-state index is 10.5. The highest BCUT2D eigenvalue weighted by atomic mass is 16.5. The van der Waals surface area contributed by atoms with Gasteiger partial charge >= 0.3 is 0 Å². The molecule has 0 aliphatic rings. The van der Waals surface area contributed by atoms with Crippen LogP contribution in [0.5, 0.6) is 0 Å². The molecule has 15 heavy (non-hydrogen) atoms. The first-order chi connectivity index (χ1) is 7.31. The summed E-state index contributed by atoms with van der Waals surface area (Å²) in [6.45, 7) is 0. The molecule has 0 bridgehead atoms. The number of allylic oxidation sites excluding steroid dienone is 1. The van der Waals surface area contributed by atoms with Gasteiger partial charge in [0.25, 0.3) is 5.91 Å². The van der Waals surface area contributed by atoms with Crippen LogP contribution in [0.15, 0.2) is 12.2 Å². The molecule has 86 valence electrons. The van der Waals surface area contributed by atoms with Crippen molar-refractivity contribution in [3.8, 4) is 0 Å². The first-order valence-corrected chi connectivity index (χ1v) is 5.35. The van der Waals surface area contributed by atoms with Crippen LogP contribution in [-0.2, 0) is 9.59 Å². The molecule has 0 spiro atoms. The van der Waals surface area contributed by atoms with Crippen molar-refractivity contribution in [2.45, 2.75) is 44.9 Å². The van der Waals surface area contributed by atoms with Crippen molar-refractivity contribution < 1.29 is 14.8 Å². The second-order valence-electron chi connectivity index (χ2n) is 3.39. The molecule has 0 unspecified atom stereocenters. The van der Waals surface area contributed by atoms with Crippen molar-refractivity contribution >= 4 is 12.2 Å². The third-order valence-corrected chi connectivity index (χ3v) is 2.07. The Morgan fingerprint density at radius 1 is 1.07 bits per heavy atom. The van der Waals surface area contributed by atoms with Gasteiger partial charge in [-0.25, -0.2) is 5.48 Å². The zero-order valence-electron chi connectivity index (χ0n) is 8.95. The normalized spacial score (nSPS) is 10.5. The van der Waals surface area contributed by atoms with Crippen LogP contribution in [0.2, 0.25) is 0 Å². The van der Waals surface area contributed by atoms with Gasteiger partial charge in [0, 0.05) is 12.5 Å². The molecule has 4 nitrogen and oxygen atoms in total. The molecule has 0 aromatic carbocycles. The largest absolute Gasteiger partial charge is 0.303 e. The van der Waals surface area contributed by atoms with Crippen LogP contribution < -0.4 is 5.48 Å². The first kappa shape index (κ1) is 13.8. The molecule has 0 radical (unpaired) electrons. The van der Waals surface area contributed by atoms with Crippen LogP contribution >= 0.6 is 0 Å². The number of hydrogen-bond acceptors (Lipinski definition) is 3. The molecule has 0 rings (SSSR count). The third-order valence-electron chi connectivity index (χ3n) is 2.07. The summed E-state index contributed by atoms with van der Waals surface area (Å²) in [5.74, 6) is -0.485. The van der Waals surface area contributed by atoms with Crippen molar-refractivity contribution in [1.29, 1.82) is 0 Å². The number of hydrogen-bond donors (Lipinski definition) is 2. The number of rotatable bonds is 9. The van der Waals surface area contributed by atoms with E-state index in [1.165, 1.54) is 11.6 Å². The quantitative estimate of drug-likeness (QED) is 0.202. The lowest BCUT2D eigenvalue weighted by Gasteiger charge is -1.97. The summed E-state index contributed by atoms with van der Waals surface area (Å²) in [5, 5.41) is 8.18. The highest BCUT2D eigenvalue weighted by Gasteiger charge is 1.91. The van der Waals surface area contributed by atoms with Crippen LogP contribution in [0.3, 0.4) is 0 Å². The van der Waals surface area contributed by atoms with Crippen molar-refractivity contribution in [3.05, 3.63) is 12.2 Å². The summed E-state index contributed by atoms with van der Waals surface area (Å²) in [4.78, 5) is 20.5. The van der Waals surface area contributed by atoms with E-state index < -0.39 is 5.91 Å². The maximum atomic E-state index is 10.5. The zero-order chi connectivity index (χ0) is 11.4. The van der Waals surface area contributed by atoms with Crippen molar-refractivity contribution in [2.75, 3.05) is 0 Å². The van der Waals surface area contributed by atoms with E-state index in [1.54, 1.807) is 6.08 Å². The van der Waals surface area contributed by atoms with Gasteiger partial charge in [-0.2, -0.15) is 0 Å². The molecule has 0 saturated carbocycles. The molecule has 0 aromatic rings. The molecule has 0 heterocycles.